The van der Waals surface area contributed by atoms with E-state index in [4.69, 9.17) is 5.73 Å². The lowest BCUT2D eigenvalue weighted by atomic mass is 10.0. The van der Waals surface area contributed by atoms with Crippen molar-refractivity contribution in [1.29, 1.82) is 0 Å². The fourth-order valence-corrected chi connectivity index (χ4v) is 3.33. The normalized spacial score (nSPS) is 12.7. The van der Waals surface area contributed by atoms with E-state index >= 15 is 0 Å². The van der Waals surface area contributed by atoms with Crippen molar-refractivity contribution < 1.29 is 0 Å². The van der Waals surface area contributed by atoms with Gasteiger partial charge in [-0.05, 0) is 53.0 Å². The Bertz CT molecular complexity index is 585. The predicted molar refractivity (Wildman–Crippen MR) is 85.2 cm³/mol. The van der Waals surface area contributed by atoms with Gasteiger partial charge < -0.3 is 5.73 Å². The largest absolute Gasteiger partial charge is 0.324 e. The highest BCUT2D eigenvalue weighted by Crippen LogP contribution is 2.26. The molecule has 0 spiro atoms. The molecule has 102 valence electrons. The van der Waals surface area contributed by atoms with Crippen LogP contribution in [0.2, 0.25) is 0 Å². The van der Waals surface area contributed by atoms with Crippen molar-refractivity contribution in [2.75, 3.05) is 0 Å². The van der Waals surface area contributed by atoms with Crippen molar-refractivity contribution in [2.45, 2.75) is 26.3 Å². The Morgan fingerprint density at radius 2 is 1.95 bits per heavy atom. The third-order valence-corrected chi connectivity index (χ3v) is 4.66. The molecule has 19 heavy (non-hydrogen) atoms. The molecule has 0 saturated carbocycles. The maximum atomic E-state index is 6.33. The number of aryl methyl sites for hydroxylation is 3. The van der Waals surface area contributed by atoms with Crippen molar-refractivity contribution in [3.05, 3.63) is 49.7 Å². The second-order valence-corrected chi connectivity index (χ2v) is 6.55. The molecule has 2 aromatic rings. The summed E-state index contributed by atoms with van der Waals surface area (Å²) in [7, 11) is 1.95. The summed E-state index contributed by atoms with van der Waals surface area (Å²) < 4.78 is 4.01. The van der Waals surface area contributed by atoms with Crippen LogP contribution >= 0.6 is 31.9 Å². The Balaban J connectivity index is 2.27. The molecular formula is C14H17Br2N3. The summed E-state index contributed by atoms with van der Waals surface area (Å²) in [5.74, 6) is 0. The lowest BCUT2D eigenvalue weighted by Crippen LogP contribution is -2.16. The fourth-order valence-electron chi connectivity index (χ4n) is 2.21. The summed E-state index contributed by atoms with van der Waals surface area (Å²) >= 11 is 7.10. The topological polar surface area (TPSA) is 43.8 Å². The van der Waals surface area contributed by atoms with Crippen LogP contribution in [0.5, 0.6) is 0 Å². The van der Waals surface area contributed by atoms with E-state index in [9.17, 15) is 0 Å². The van der Waals surface area contributed by atoms with E-state index in [1.54, 1.807) is 0 Å². The summed E-state index contributed by atoms with van der Waals surface area (Å²) in [6, 6.07) is 6.25. The Kier molecular flexibility index (Phi) is 4.48. The molecule has 1 heterocycles. The van der Waals surface area contributed by atoms with E-state index in [-0.39, 0.29) is 6.04 Å². The minimum atomic E-state index is -0.0395. The first-order valence-electron chi connectivity index (χ1n) is 6.09. The Labute approximate surface area is 130 Å². The standard InChI is InChI=1S/C14H17Br2N3/c1-8-4-10(6-11(15)5-8)12(17)7-13-14(16)9(2)18-19(13)3/h4-6,12H,7,17H2,1-3H3. The molecule has 0 aliphatic heterocycles. The summed E-state index contributed by atoms with van der Waals surface area (Å²) in [5, 5.41) is 4.40. The van der Waals surface area contributed by atoms with Crippen LogP contribution in [-0.2, 0) is 13.5 Å². The molecule has 2 rings (SSSR count). The number of halogens is 2. The van der Waals surface area contributed by atoms with Crippen molar-refractivity contribution in [2.24, 2.45) is 12.8 Å². The number of hydrogen-bond donors (Lipinski definition) is 1. The van der Waals surface area contributed by atoms with Crippen LogP contribution in [-0.4, -0.2) is 9.78 Å². The van der Waals surface area contributed by atoms with Crippen LogP contribution in [0.25, 0.3) is 0 Å². The Morgan fingerprint density at radius 3 is 2.47 bits per heavy atom. The molecule has 0 fully saturated rings. The predicted octanol–water partition coefficient (Wildman–Crippen LogP) is 3.80. The molecule has 2 N–H and O–H groups in total. The molecule has 5 heteroatoms. The van der Waals surface area contributed by atoms with Crippen LogP contribution < -0.4 is 5.73 Å². The zero-order chi connectivity index (χ0) is 14.2. The van der Waals surface area contributed by atoms with Gasteiger partial charge in [-0.15, -0.1) is 0 Å². The quantitative estimate of drug-likeness (QED) is 0.871. The Hall–Kier alpha value is -0.650. The first-order chi connectivity index (χ1) is 8.88. The average molecular weight is 387 g/mol. The van der Waals surface area contributed by atoms with Gasteiger partial charge in [0.25, 0.3) is 0 Å². The Morgan fingerprint density at radius 1 is 1.26 bits per heavy atom. The van der Waals surface area contributed by atoms with Crippen molar-refractivity contribution in [3.8, 4) is 0 Å². The average Bonchev–Trinajstić information content (AvgIpc) is 2.54. The van der Waals surface area contributed by atoms with Gasteiger partial charge in [0, 0.05) is 24.0 Å². The molecule has 1 aromatic heterocycles. The number of benzene rings is 1. The first kappa shape index (κ1) is 14.8. The summed E-state index contributed by atoms with van der Waals surface area (Å²) in [6.45, 7) is 4.06. The molecule has 0 bridgehead atoms. The monoisotopic (exact) mass is 385 g/mol. The highest BCUT2D eigenvalue weighted by Gasteiger charge is 2.16. The molecule has 0 amide bonds. The molecule has 0 aliphatic rings. The van der Waals surface area contributed by atoms with E-state index in [2.05, 4.69) is 62.1 Å². The third-order valence-electron chi connectivity index (χ3n) is 3.17. The van der Waals surface area contributed by atoms with E-state index in [0.717, 1.165) is 32.3 Å². The molecule has 0 aliphatic carbocycles. The summed E-state index contributed by atoms with van der Waals surface area (Å²) in [5.41, 5.74) is 10.8. The molecule has 1 atom stereocenters. The summed E-state index contributed by atoms with van der Waals surface area (Å²) in [4.78, 5) is 0. The van der Waals surface area contributed by atoms with Gasteiger partial charge in [-0.3, -0.25) is 4.68 Å². The van der Waals surface area contributed by atoms with Gasteiger partial charge in [-0.2, -0.15) is 5.10 Å². The SMILES string of the molecule is Cc1cc(Br)cc(C(N)Cc2c(Br)c(C)nn2C)c1. The van der Waals surface area contributed by atoms with Gasteiger partial charge in [0.15, 0.2) is 0 Å². The fraction of sp³-hybridized carbons (Fsp3) is 0.357. The molecule has 1 aromatic carbocycles. The van der Waals surface area contributed by atoms with Crippen LogP contribution in [0.1, 0.15) is 28.6 Å². The van der Waals surface area contributed by atoms with Crippen molar-refractivity contribution >= 4 is 31.9 Å². The minimum Gasteiger partial charge on any atom is -0.324 e. The van der Waals surface area contributed by atoms with Crippen molar-refractivity contribution in [1.82, 2.24) is 9.78 Å². The van der Waals surface area contributed by atoms with Gasteiger partial charge in [0.2, 0.25) is 0 Å². The second kappa shape index (κ2) is 5.77. The lowest BCUT2D eigenvalue weighted by molar-refractivity contribution is 0.638. The minimum absolute atomic E-state index is 0.0395. The molecule has 0 radical (unpaired) electrons. The molecule has 1 unspecified atom stereocenters. The highest BCUT2D eigenvalue weighted by molar-refractivity contribution is 9.10. The van der Waals surface area contributed by atoms with Crippen molar-refractivity contribution in [3.63, 3.8) is 0 Å². The van der Waals surface area contributed by atoms with Gasteiger partial charge in [0.05, 0.1) is 15.9 Å². The van der Waals surface area contributed by atoms with Gasteiger partial charge >= 0.3 is 0 Å². The molecular weight excluding hydrogens is 370 g/mol. The number of rotatable bonds is 3. The van der Waals surface area contributed by atoms with E-state index in [1.807, 2.05) is 18.7 Å². The maximum absolute atomic E-state index is 6.33. The van der Waals surface area contributed by atoms with Crippen LogP contribution in [0.15, 0.2) is 27.1 Å². The number of nitrogens with two attached hydrogens (primary N) is 1. The zero-order valence-corrected chi connectivity index (χ0v) is 14.4. The van der Waals surface area contributed by atoms with Gasteiger partial charge in [-0.1, -0.05) is 22.0 Å². The van der Waals surface area contributed by atoms with Gasteiger partial charge in [0.1, 0.15) is 0 Å². The van der Waals surface area contributed by atoms with E-state index in [1.165, 1.54) is 5.56 Å². The van der Waals surface area contributed by atoms with Crippen LogP contribution in [0.4, 0.5) is 0 Å². The second-order valence-electron chi connectivity index (χ2n) is 4.84. The first-order valence-corrected chi connectivity index (χ1v) is 7.67. The maximum Gasteiger partial charge on any atom is 0.0738 e. The van der Waals surface area contributed by atoms with E-state index < -0.39 is 0 Å². The third kappa shape index (κ3) is 3.27. The smallest absolute Gasteiger partial charge is 0.0738 e. The van der Waals surface area contributed by atoms with Gasteiger partial charge in [-0.25, -0.2) is 0 Å². The number of nitrogens with zero attached hydrogens (tertiary/aromatic N) is 2. The molecule has 0 saturated heterocycles. The number of hydrogen-bond acceptors (Lipinski definition) is 2. The lowest BCUT2D eigenvalue weighted by Gasteiger charge is -2.14. The summed E-state index contributed by atoms with van der Waals surface area (Å²) in [6.07, 6.45) is 0.758. The zero-order valence-electron chi connectivity index (χ0n) is 11.2. The highest BCUT2D eigenvalue weighted by atomic mass is 79.9. The van der Waals surface area contributed by atoms with E-state index in [0.29, 0.717) is 0 Å². The number of aromatic nitrogens is 2. The van der Waals surface area contributed by atoms with Crippen LogP contribution in [0.3, 0.4) is 0 Å². The molecule has 3 nitrogen and oxygen atoms in total. The van der Waals surface area contributed by atoms with Crippen LogP contribution in [0, 0.1) is 13.8 Å².